The Hall–Kier alpha value is -2.07. The molecule has 0 atom stereocenters. The number of nitriles is 1. The topological polar surface area (TPSA) is 100 Å². The highest BCUT2D eigenvalue weighted by atomic mass is 19.3. The van der Waals surface area contributed by atoms with Crippen LogP contribution in [0.25, 0.3) is 0 Å². The summed E-state index contributed by atoms with van der Waals surface area (Å²) in [7, 11) is 0. The summed E-state index contributed by atoms with van der Waals surface area (Å²) in [6.45, 7) is -0.364. The SMILES string of the molecule is N#Cc1ncc(C(=O)O)c(C(F)F)c1CN. The molecule has 0 aliphatic rings. The fraction of sp³-hybridized carbons (Fsp3) is 0.222. The van der Waals surface area contributed by atoms with E-state index in [0.29, 0.717) is 0 Å². The molecule has 16 heavy (non-hydrogen) atoms. The van der Waals surface area contributed by atoms with E-state index in [9.17, 15) is 13.6 Å². The quantitative estimate of drug-likeness (QED) is 0.803. The van der Waals surface area contributed by atoms with Crippen LogP contribution < -0.4 is 5.73 Å². The molecule has 1 aromatic heterocycles. The summed E-state index contributed by atoms with van der Waals surface area (Å²) in [6.07, 6.45) is -2.28. The molecular formula is C9H7F2N3O2. The molecule has 0 saturated carbocycles. The Morgan fingerprint density at radius 2 is 2.31 bits per heavy atom. The van der Waals surface area contributed by atoms with Crippen molar-refractivity contribution in [1.82, 2.24) is 4.98 Å². The van der Waals surface area contributed by atoms with Crippen molar-refractivity contribution in [2.24, 2.45) is 5.73 Å². The van der Waals surface area contributed by atoms with E-state index in [-0.39, 0.29) is 17.8 Å². The first-order chi connectivity index (χ1) is 7.52. The first-order valence-corrected chi connectivity index (χ1v) is 4.16. The van der Waals surface area contributed by atoms with Gasteiger partial charge in [-0.25, -0.2) is 18.6 Å². The van der Waals surface area contributed by atoms with Crippen LogP contribution >= 0.6 is 0 Å². The lowest BCUT2D eigenvalue weighted by atomic mass is 10.0. The normalized spacial score (nSPS) is 10.2. The summed E-state index contributed by atoms with van der Waals surface area (Å²) < 4.78 is 25.4. The van der Waals surface area contributed by atoms with Gasteiger partial charge in [0.15, 0.2) is 0 Å². The van der Waals surface area contributed by atoms with Gasteiger partial charge in [0.05, 0.1) is 5.56 Å². The smallest absolute Gasteiger partial charge is 0.337 e. The van der Waals surface area contributed by atoms with Crippen LogP contribution in [-0.2, 0) is 6.54 Å². The predicted octanol–water partition coefficient (Wildman–Crippen LogP) is 1.05. The van der Waals surface area contributed by atoms with Gasteiger partial charge in [0.2, 0.25) is 0 Å². The van der Waals surface area contributed by atoms with Crippen molar-refractivity contribution >= 4 is 5.97 Å². The molecule has 0 saturated heterocycles. The lowest BCUT2D eigenvalue weighted by Crippen LogP contribution is -2.13. The maximum atomic E-state index is 12.7. The number of hydrogen-bond donors (Lipinski definition) is 2. The molecule has 3 N–H and O–H groups in total. The average molecular weight is 227 g/mol. The number of aromatic nitrogens is 1. The van der Waals surface area contributed by atoms with Gasteiger partial charge >= 0.3 is 5.97 Å². The fourth-order valence-electron chi connectivity index (χ4n) is 1.29. The molecular weight excluding hydrogens is 220 g/mol. The van der Waals surface area contributed by atoms with Gasteiger partial charge in [-0.1, -0.05) is 0 Å². The van der Waals surface area contributed by atoms with Crippen LogP contribution in [0.5, 0.6) is 0 Å². The van der Waals surface area contributed by atoms with Crippen molar-refractivity contribution in [3.05, 3.63) is 28.6 Å². The number of alkyl halides is 2. The van der Waals surface area contributed by atoms with E-state index < -0.39 is 23.5 Å². The largest absolute Gasteiger partial charge is 0.478 e. The molecule has 7 heteroatoms. The van der Waals surface area contributed by atoms with Gasteiger partial charge in [-0.05, 0) is 0 Å². The number of rotatable bonds is 3. The van der Waals surface area contributed by atoms with Crippen LogP contribution in [0, 0.1) is 11.3 Å². The molecule has 0 aliphatic heterocycles. The second-order valence-corrected chi connectivity index (χ2v) is 2.83. The summed E-state index contributed by atoms with van der Waals surface area (Å²) in [5.41, 5.74) is 3.35. The van der Waals surface area contributed by atoms with Crippen molar-refractivity contribution < 1.29 is 18.7 Å². The Morgan fingerprint density at radius 1 is 1.69 bits per heavy atom. The highest BCUT2D eigenvalue weighted by Crippen LogP contribution is 2.27. The van der Waals surface area contributed by atoms with E-state index in [2.05, 4.69) is 4.98 Å². The van der Waals surface area contributed by atoms with Crippen molar-refractivity contribution in [3.63, 3.8) is 0 Å². The first-order valence-electron chi connectivity index (χ1n) is 4.16. The molecule has 0 aliphatic carbocycles. The minimum absolute atomic E-state index is 0.225. The van der Waals surface area contributed by atoms with E-state index in [0.717, 1.165) is 6.20 Å². The number of carboxylic acids is 1. The Kier molecular flexibility index (Phi) is 3.48. The Labute approximate surface area is 89.1 Å². The van der Waals surface area contributed by atoms with Crippen LogP contribution in [0.4, 0.5) is 8.78 Å². The molecule has 0 spiro atoms. The third-order valence-electron chi connectivity index (χ3n) is 1.98. The van der Waals surface area contributed by atoms with Crippen molar-refractivity contribution in [1.29, 1.82) is 5.26 Å². The zero-order valence-corrected chi connectivity index (χ0v) is 7.94. The van der Waals surface area contributed by atoms with Crippen molar-refractivity contribution in [3.8, 4) is 6.07 Å². The number of hydrogen-bond acceptors (Lipinski definition) is 4. The van der Waals surface area contributed by atoms with E-state index in [1.165, 1.54) is 0 Å². The van der Waals surface area contributed by atoms with E-state index >= 15 is 0 Å². The van der Waals surface area contributed by atoms with Gasteiger partial charge in [0.25, 0.3) is 6.43 Å². The zero-order chi connectivity index (χ0) is 12.3. The van der Waals surface area contributed by atoms with E-state index in [1.807, 2.05) is 0 Å². The minimum Gasteiger partial charge on any atom is -0.478 e. The van der Waals surface area contributed by atoms with Gasteiger partial charge in [-0.15, -0.1) is 0 Å². The fourth-order valence-corrected chi connectivity index (χ4v) is 1.29. The number of halogens is 2. The number of pyridine rings is 1. The summed E-state index contributed by atoms with van der Waals surface area (Å²) in [6, 6.07) is 1.59. The second-order valence-electron chi connectivity index (χ2n) is 2.83. The third kappa shape index (κ3) is 1.97. The first kappa shape index (κ1) is 12.0. The summed E-state index contributed by atoms with van der Waals surface area (Å²) in [5.74, 6) is -1.53. The number of aromatic carboxylic acids is 1. The van der Waals surface area contributed by atoms with Crippen LogP contribution in [0.2, 0.25) is 0 Å². The van der Waals surface area contributed by atoms with Crippen LogP contribution in [0.15, 0.2) is 6.20 Å². The molecule has 0 bridgehead atoms. The second kappa shape index (κ2) is 4.63. The molecule has 0 amide bonds. The molecule has 0 unspecified atom stereocenters. The maximum absolute atomic E-state index is 12.7. The minimum atomic E-state index is -3.01. The zero-order valence-electron chi connectivity index (χ0n) is 7.94. The summed E-state index contributed by atoms with van der Waals surface area (Å²) in [5, 5.41) is 17.3. The molecule has 1 heterocycles. The number of nitrogens with zero attached hydrogens (tertiary/aromatic N) is 2. The summed E-state index contributed by atoms with van der Waals surface area (Å²) in [4.78, 5) is 14.2. The van der Waals surface area contributed by atoms with Gasteiger partial charge in [0.1, 0.15) is 11.8 Å². The highest BCUT2D eigenvalue weighted by Gasteiger charge is 2.24. The molecule has 1 rings (SSSR count). The van der Waals surface area contributed by atoms with Crippen molar-refractivity contribution in [2.75, 3.05) is 0 Å². The van der Waals surface area contributed by atoms with Crippen LogP contribution in [0.1, 0.15) is 33.6 Å². The molecule has 1 aromatic rings. The molecule has 0 radical (unpaired) electrons. The highest BCUT2D eigenvalue weighted by molar-refractivity contribution is 5.89. The van der Waals surface area contributed by atoms with E-state index in [1.54, 1.807) is 6.07 Å². The van der Waals surface area contributed by atoms with Crippen molar-refractivity contribution in [2.45, 2.75) is 13.0 Å². The van der Waals surface area contributed by atoms with Crippen LogP contribution in [0.3, 0.4) is 0 Å². The lowest BCUT2D eigenvalue weighted by Gasteiger charge is -2.10. The third-order valence-corrected chi connectivity index (χ3v) is 1.98. The predicted molar refractivity (Wildman–Crippen MR) is 48.8 cm³/mol. The van der Waals surface area contributed by atoms with Crippen LogP contribution in [-0.4, -0.2) is 16.1 Å². The lowest BCUT2D eigenvalue weighted by molar-refractivity contribution is 0.0683. The number of nitrogens with two attached hydrogens (primary N) is 1. The molecule has 0 aromatic carbocycles. The Morgan fingerprint density at radius 3 is 2.69 bits per heavy atom. The molecule has 0 fully saturated rings. The van der Waals surface area contributed by atoms with Gasteiger partial charge in [-0.2, -0.15) is 5.26 Å². The molecule has 5 nitrogen and oxygen atoms in total. The van der Waals surface area contributed by atoms with Gasteiger partial charge in [0, 0.05) is 23.9 Å². The van der Waals surface area contributed by atoms with Gasteiger partial charge < -0.3 is 10.8 Å². The maximum Gasteiger partial charge on any atom is 0.337 e. The average Bonchev–Trinajstić information content (AvgIpc) is 2.26. The Bertz CT molecular complexity index is 469. The number of carbonyl (C=O) groups is 1. The van der Waals surface area contributed by atoms with E-state index in [4.69, 9.17) is 16.1 Å². The monoisotopic (exact) mass is 227 g/mol. The van der Waals surface area contributed by atoms with Gasteiger partial charge in [-0.3, -0.25) is 0 Å². The summed E-state index contributed by atoms with van der Waals surface area (Å²) >= 11 is 0. The molecule has 84 valence electrons. The number of carboxylic acid groups (broad SMARTS) is 1. The standard InChI is InChI=1S/C9H7F2N3O2/c10-8(11)7-4(1-12)6(2-13)14-3-5(7)9(15)16/h3,8H,1,12H2,(H,15,16). The Balaban J connectivity index is 3.58.